The lowest BCUT2D eigenvalue weighted by Gasteiger charge is -2.33. The number of nitrogens with zero attached hydrogens (tertiary/aromatic N) is 2. The minimum atomic E-state index is -0.591. The van der Waals surface area contributed by atoms with Crippen molar-refractivity contribution in [2.45, 2.75) is 45.2 Å². The lowest BCUT2D eigenvalue weighted by molar-refractivity contribution is -0.153. The molecule has 5 heteroatoms. The smallest absolute Gasteiger partial charge is 0.328 e. The second-order valence-corrected chi connectivity index (χ2v) is 5.13. The van der Waals surface area contributed by atoms with Gasteiger partial charge >= 0.3 is 5.97 Å². The molecule has 106 valence electrons. The third-order valence-corrected chi connectivity index (χ3v) is 3.60. The van der Waals surface area contributed by atoms with Gasteiger partial charge in [0.2, 0.25) is 0 Å². The Morgan fingerprint density at radius 1 is 1.53 bits per heavy atom. The molecule has 1 aromatic heterocycles. The van der Waals surface area contributed by atoms with Gasteiger partial charge in [-0.25, -0.2) is 9.78 Å². The van der Waals surface area contributed by atoms with Crippen molar-refractivity contribution in [2.75, 3.05) is 13.2 Å². The number of esters is 1. The minimum absolute atomic E-state index is 0.125. The highest BCUT2D eigenvalue weighted by molar-refractivity contribution is 5.81. The zero-order valence-electron chi connectivity index (χ0n) is 11.8. The van der Waals surface area contributed by atoms with Crippen LogP contribution in [0.15, 0.2) is 18.7 Å². The molecule has 0 bridgehead atoms. The van der Waals surface area contributed by atoms with Crippen LogP contribution in [0.2, 0.25) is 0 Å². The summed E-state index contributed by atoms with van der Waals surface area (Å²) in [5.74, 6) is 0.250. The molecule has 1 aliphatic rings. The van der Waals surface area contributed by atoms with Crippen molar-refractivity contribution < 1.29 is 9.53 Å². The maximum absolute atomic E-state index is 12.5. The van der Waals surface area contributed by atoms with Gasteiger partial charge in [0.1, 0.15) is 5.54 Å². The van der Waals surface area contributed by atoms with Crippen LogP contribution in [-0.4, -0.2) is 34.2 Å². The second-order valence-electron chi connectivity index (χ2n) is 5.13. The highest BCUT2D eigenvalue weighted by Gasteiger charge is 2.51. The van der Waals surface area contributed by atoms with E-state index in [0.29, 0.717) is 19.1 Å². The first-order chi connectivity index (χ1) is 9.23. The van der Waals surface area contributed by atoms with E-state index in [2.05, 4.69) is 17.2 Å². The SMILES string of the molecule is CCCNC(Cn1ccnc1)(C(=O)OCC)C1CC1. The van der Waals surface area contributed by atoms with E-state index in [4.69, 9.17) is 4.74 Å². The van der Waals surface area contributed by atoms with Gasteiger partial charge in [-0.05, 0) is 38.6 Å². The topological polar surface area (TPSA) is 56.2 Å². The Bertz CT molecular complexity index is 401. The Hall–Kier alpha value is -1.36. The predicted molar refractivity (Wildman–Crippen MR) is 72.6 cm³/mol. The third kappa shape index (κ3) is 3.15. The number of carbonyl (C=O) groups is 1. The average molecular weight is 265 g/mol. The Kier molecular flexibility index (Phi) is 4.58. The summed E-state index contributed by atoms with van der Waals surface area (Å²) in [6.07, 6.45) is 8.56. The van der Waals surface area contributed by atoms with Gasteiger partial charge in [-0.2, -0.15) is 0 Å². The van der Waals surface area contributed by atoms with Crippen molar-refractivity contribution in [3.05, 3.63) is 18.7 Å². The number of hydrogen-bond donors (Lipinski definition) is 1. The molecule has 1 unspecified atom stereocenters. The Balaban J connectivity index is 2.19. The van der Waals surface area contributed by atoms with Gasteiger partial charge in [-0.1, -0.05) is 6.92 Å². The molecule has 1 atom stereocenters. The molecule has 0 aliphatic heterocycles. The summed E-state index contributed by atoms with van der Waals surface area (Å²) in [4.78, 5) is 16.5. The van der Waals surface area contributed by atoms with Crippen molar-refractivity contribution in [1.82, 2.24) is 14.9 Å². The van der Waals surface area contributed by atoms with Gasteiger partial charge in [0.25, 0.3) is 0 Å². The molecule has 5 nitrogen and oxygen atoms in total. The number of imidazole rings is 1. The van der Waals surface area contributed by atoms with Gasteiger partial charge in [0, 0.05) is 12.4 Å². The molecule has 1 aromatic rings. The first kappa shape index (κ1) is 14.1. The molecule has 2 rings (SSSR count). The molecule has 0 aromatic carbocycles. The van der Waals surface area contributed by atoms with Crippen molar-refractivity contribution in [3.63, 3.8) is 0 Å². The van der Waals surface area contributed by atoms with Crippen LogP contribution in [0.5, 0.6) is 0 Å². The first-order valence-electron chi connectivity index (χ1n) is 7.11. The van der Waals surface area contributed by atoms with Crippen molar-refractivity contribution in [1.29, 1.82) is 0 Å². The van der Waals surface area contributed by atoms with Crippen LogP contribution in [0.4, 0.5) is 0 Å². The van der Waals surface area contributed by atoms with Crippen LogP contribution >= 0.6 is 0 Å². The molecule has 1 saturated carbocycles. The summed E-state index contributed by atoms with van der Waals surface area (Å²) in [6, 6.07) is 0. The molecule has 19 heavy (non-hydrogen) atoms. The molecule has 1 fully saturated rings. The van der Waals surface area contributed by atoms with E-state index in [1.54, 1.807) is 12.5 Å². The number of hydrogen-bond acceptors (Lipinski definition) is 4. The fourth-order valence-electron chi connectivity index (χ4n) is 2.49. The number of rotatable bonds is 8. The summed E-state index contributed by atoms with van der Waals surface area (Å²) in [6.45, 7) is 5.80. The monoisotopic (exact) mass is 265 g/mol. The van der Waals surface area contributed by atoms with Gasteiger partial charge in [-0.3, -0.25) is 0 Å². The molecular weight excluding hydrogens is 242 g/mol. The fourth-order valence-corrected chi connectivity index (χ4v) is 2.49. The summed E-state index contributed by atoms with van der Waals surface area (Å²) in [7, 11) is 0. The predicted octanol–water partition coefficient (Wildman–Crippen LogP) is 1.59. The molecule has 0 amide bonds. The van der Waals surface area contributed by atoms with E-state index < -0.39 is 5.54 Å². The fraction of sp³-hybridized carbons (Fsp3) is 0.714. The van der Waals surface area contributed by atoms with Crippen molar-refractivity contribution in [3.8, 4) is 0 Å². The summed E-state index contributed by atoms with van der Waals surface area (Å²) >= 11 is 0. The molecule has 1 heterocycles. The van der Waals surface area contributed by atoms with Crippen LogP contribution in [0.3, 0.4) is 0 Å². The quantitative estimate of drug-likeness (QED) is 0.725. The molecule has 0 radical (unpaired) electrons. The summed E-state index contributed by atoms with van der Waals surface area (Å²) in [5.41, 5.74) is -0.591. The van der Waals surface area contributed by atoms with Crippen LogP contribution in [0.25, 0.3) is 0 Å². The van der Waals surface area contributed by atoms with E-state index in [1.807, 2.05) is 17.7 Å². The van der Waals surface area contributed by atoms with Gasteiger partial charge < -0.3 is 14.6 Å². The lowest BCUT2D eigenvalue weighted by atomic mass is 9.92. The third-order valence-electron chi connectivity index (χ3n) is 3.60. The van der Waals surface area contributed by atoms with E-state index in [-0.39, 0.29) is 5.97 Å². The van der Waals surface area contributed by atoms with Crippen LogP contribution in [0, 0.1) is 5.92 Å². The summed E-state index contributed by atoms with van der Waals surface area (Å²) in [5, 5.41) is 3.44. The Labute approximate surface area is 114 Å². The molecule has 1 N–H and O–H groups in total. The molecule has 1 aliphatic carbocycles. The van der Waals surface area contributed by atoms with Crippen LogP contribution < -0.4 is 5.32 Å². The van der Waals surface area contributed by atoms with E-state index in [1.165, 1.54) is 0 Å². The maximum atomic E-state index is 12.5. The minimum Gasteiger partial charge on any atom is -0.465 e. The number of carbonyl (C=O) groups excluding carboxylic acids is 1. The van der Waals surface area contributed by atoms with Gasteiger partial charge in [0.15, 0.2) is 0 Å². The molecule has 0 saturated heterocycles. The average Bonchev–Trinajstić information content (AvgIpc) is 3.14. The number of nitrogens with one attached hydrogen (secondary N) is 1. The van der Waals surface area contributed by atoms with Crippen molar-refractivity contribution >= 4 is 5.97 Å². The van der Waals surface area contributed by atoms with Crippen LogP contribution in [0.1, 0.15) is 33.1 Å². The van der Waals surface area contributed by atoms with E-state index in [0.717, 1.165) is 25.8 Å². The van der Waals surface area contributed by atoms with Gasteiger partial charge in [0.05, 0.1) is 19.5 Å². The second kappa shape index (κ2) is 6.19. The van der Waals surface area contributed by atoms with Crippen LogP contribution in [-0.2, 0) is 16.1 Å². The lowest BCUT2D eigenvalue weighted by Crippen LogP contribution is -2.57. The Morgan fingerprint density at radius 3 is 2.84 bits per heavy atom. The largest absolute Gasteiger partial charge is 0.465 e. The zero-order valence-corrected chi connectivity index (χ0v) is 11.8. The highest BCUT2D eigenvalue weighted by atomic mass is 16.5. The maximum Gasteiger partial charge on any atom is 0.328 e. The van der Waals surface area contributed by atoms with Crippen molar-refractivity contribution in [2.24, 2.45) is 5.92 Å². The van der Waals surface area contributed by atoms with E-state index >= 15 is 0 Å². The molecule has 0 spiro atoms. The Morgan fingerprint density at radius 2 is 2.32 bits per heavy atom. The first-order valence-corrected chi connectivity index (χ1v) is 7.11. The number of ether oxygens (including phenoxy) is 1. The van der Waals surface area contributed by atoms with E-state index in [9.17, 15) is 4.79 Å². The summed E-state index contributed by atoms with van der Waals surface area (Å²) < 4.78 is 7.28. The normalized spacial score (nSPS) is 18.0. The standard InChI is InChI=1S/C14H23N3O2/c1-3-7-16-14(12-5-6-12,13(18)19-4-2)10-17-9-8-15-11-17/h8-9,11-12,16H,3-7,10H2,1-2H3. The van der Waals surface area contributed by atoms with Gasteiger partial charge in [-0.15, -0.1) is 0 Å². The molecular formula is C14H23N3O2. The zero-order chi connectivity index (χ0) is 13.7. The highest BCUT2D eigenvalue weighted by Crippen LogP contribution is 2.41. The number of aromatic nitrogens is 2.